The number of amides is 1. The topological polar surface area (TPSA) is 93.1 Å². The van der Waals surface area contributed by atoms with Crippen LogP contribution in [0.25, 0.3) is 5.69 Å². The summed E-state index contributed by atoms with van der Waals surface area (Å²) in [5.74, 6) is 1.26. The lowest BCUT2D eigenvalue weighted by molar-refractivity contribution is 0.0702. The number of aromatic nitrogens is 4. The summed E-state index contributed by atoms with van der Waals surface area (Å²) in [4.78, 5) is 39.8. The van der Waals surface area contributed by atoms with Crippen LogP contribution in [0.1, 0.15) is 40.5 Å². The maximum Gasteiger partial charge on any atom is 0.268 e. The van der Waals surface area contributed by atoms with E-state index in [9.17, 15) is 9.59 Å². The minimum absolute atomic E-state index is 0.153. The summed E-state index contributed by atoms with van der Waals surface area (Å²) in [6.45, 7) is 2.97. The van der Waals surface area contributed by atoms with Crippen molar-refractivity contribution in [1.29, 1.82) is 0 Å². The third-order valence-electron chi connectivity index (χ3n) is 5.34. The van der Waals surface area contributed by atoms with Crippen LogP contribution in [0.5, 0.6) is 5.88 Å². The number of carbonyl (C=O) groups excluding carboxylic acids is 1. The van der Waals surface area contributed by atoms with Gasteiger partial charge in [-0.1, -0.05) is 0 Å². The van der Waals surface area contributed by atoms with Crippen molar-refractivity contribution in [2.24, 2.45) is 0 Å². The molecule has 0 bridgehead atoms. The van der Waals surface area contributed by atoms with E-state index in [4.69, 9.17) is 4.74 Å². The number of nitrogens with zero attached hydrogens (tertiary/aromatic N) is 4. The van der Waals surface area contributed by atoms with Crippen molar-refractivity contribution in [2.75, 3.05) is 20.2 Å². The minimum atomic E-state index is -0.345. The van der Waals surface area contributed by atoms with Crippen molar-refractivity contribution < 1.29 is 9.53 Å². The first-order valence-corrected chi connectivity index (χ1v) is 9.59. The molecule has 1 saturated heterocycles. The van der Waals surface area contributed by atoms with Gasteiger partial charge in [0.05, 0.1) is 19.0 Å². The van der Waals surface area contributed by atoms with Crippen molar-refractivity contribution in [2.45, 2.75) is 25.7 Å². The Kier molecular flexibility index (Phi) is 5.16. The average molecular weight is 393 g/mol. The summed E-state index contributed by atoms with van der Waals surface area (Å²) in [5.41, 5.74) is 1.10. The summed E-state index contributed by atoms with van der Waals surface area (Å²) >= 11 is 0. The number of pyridine rings is 2. The van der Waals surface area contributed by atoms with Crippen molar-refractivity contribution in [3.05, 3.63) is 70.3 Å². The van der Waals surface area contributed by atoms with Gasteiger partial charge in [-0.15, -0.1) is 0 Å². The molecule has 1 atom stereocenters. The van der Waals surface area contributed by atoms with E-state index in [1.165, 1.54) is 11.7 Å². The fraction of sp³-hybridized carbons (Fsp3) is 0.333. The first kappa shape index (κ1) is 18.9. The Balaban J connectivity index is 1.65. The van der Waals surface area contributed by atoms with Crippen LogP contribution < -0.4 is 10.3 Å². The Morgan fingerprint density at radius 3 is 2.83 bits per heavy atom. The van der Waals surface area contributed by atoms with Gasteiger partial charge in [-0.3, -0.25) is 14.2 Å². The van der Waals surface area contributed by atoms with Gasteiger partial charge in [0, 0.05) is 43.7 Å². The van der Waals surface area contributed by atoms with E-state index < -0.39 is 0 Å². The molecule has 0 aliphatic carbocycles. The van der Waals surface area contributed by atoms with Crippen LogP contribution in [0.4, 0.5) is 0 Å². The van der Waals surface area contributed by atoms with E-state index in [2.05, 4.69) is 15.0 Å². The molecule has 150 valence electrons. The summed E-state index contributed by atoms with van der Waals surface area (Å²) in [5, 5.41) is 0. The summed E-state index contributed by atoms with van der Waals surface area (Å²) in [7, 11) is 1.53. The largest absolute Gasteiger partial charge is 0.481 e. The highest BCUT2D eigenvalue weighted by atomic mass is 16.5. The number of imidazole rings is 1. The lowest BCUT2D eigenvalue weighted by atomic mass is 9.96. The Morgan fingerprint density at radius 1 is 1.28 bits per heavy atom. The maximum absolute atomic E-state index is 13.3. The van der Waals surface area contributed by atoms with Crippen LogP contribution in [-0.4, -0.2) is 50.5 Å². The molecule has 0 saturated carbocycles. The Hall–Kier alpha value is -3.42. The molecule has 1 N–H and O–H groups in total. The zero-order chi connectivity index (χ0) is 20.4. The second-order valence-corrected chi connectivity index (χ2v) is 7.17. The number of aryl methyl sites for hydroxylation is 1. The molecule has 1 aliphatic rings. The second kappa shape index (κ2) is 7.90. The molecule has 8 nitrogen and oxygen atoms in total. The van der Waals surface area contributed by atoms with Gasteiger partial charge in [0.1, 0.15) is 11.4 Å². The monoisotopic (exact) mass is 393 g/mol. The van der Waals surface area contributed by atoms with Gasteiger partial charge in [0.2, 0.25) is 5.88 Å². The SMILES string of the molecule is COc1ccc(-n2ccc(C)c(C(=O)N3CCCC(c4ncc[nH]4)C3)c2=O)cn1. The number of hydrogen-bond donors (Lipinski definition) is 1. The number of aromatic amines is 1. The number of carbonyl (C=O) groups is 1. The van der Waals surface area contributed by atoms with E-state index in [0.29, 0.717) is 30.2 Å². The van der Waals surface area contributed by atoms with Gasteiger partial charge in [-0.2, -0.15) is 0 Å². The van der Waals surface area contributed by atoms with Crippen LogP contribution in [0.3, 0.4) is 0 Å². The molecule has 1 unspecified atom stereocenters. The lowest BCUT2D eigenvalue weighted by Crippen LogP contribution is -2.42. The molecule has 4 heterocycles. The third kappa shape index (κ3) is 3.65. The van der Waals surface area contributed by atoms with Crippen LogP contribution in [0, 0.1) is 6.92 Å². The number of methoxy groups -OCH3 is 1. The van der Waals surface area contributed by atoms with E-state index in [1.807, 2.05) is 0 Å². The number of ether oxygens (including phenoxy) is 1. The number of piperidine rings is 1. The molecule has 1 aliphatic heterocycles. The quantitative estimate of drug-likeness (QED) is 0.734. The van der Waals surface area contributed by atoms with Gasteiger partial charge in [0.25, 0.3) is 11.5 Å². The standard InChI is InChI=1S/C21H23N5O3/c1-14-7-11-26(16-5-6-17(29-2)24-12-16)21(28)18(14)20(27)25-10-3-4-15(13-25)19-22-8-9-23-19/h5-9,11-12,15H,3-4,10,13H2,1-2H3,(H,22,23). The Morgan fingerprint density at radius 2 is 2.14 bits per heavy atom. The summed E-state index contributed by atoms with van der Waals surface area (Å²) in [6.07, 6.45) is 8.57. The number of H-pyrrole nitrogens is 1. The molecular weight excluding hydrogens is 370 g/mol. The van der Waals surface area contributed by atoms with Gasteiger partial charge >= 0.3 is 0 Å². The number of rotatable bonds is 4. The normalized spacial score (nSPS) is 16.6. The molecule has 29 heavy (non-hydrogen) atoms. The van der Waals surface area contributed by atoms with E-state index in [0.717, 1.165) is 18.7 Å². The molecule has 1 fully saturated rings. The number of hydrogen-bond acceptors (Lipinski definition) is 5. The third-order valence-corrected chi connectivity index (χ3v) is 5.34. The summed E-state index contributed by atoms with van der Waals surface area (Å²) < 4.78 is 6.51. The lowest BCUT2D eigenvalue weighted by Gasteiger charge is -2.32. The zero-order valence-electron chi connectivity index (χ0n) is 16.5. The van der Waals surface area contributed by atoms with Crippen molar-refractivity contribution in [3.8, 4) is 11.6 Å². The van der Waals surface area contributed by atoms with Gasteiger partial charge in [-0.05, 0) is 37.5 Å². The molecule has 0 spiro atoms. The Labute approximate surface area is 168 Å². The maximum atomic E-state index is 13.3. The number of nitrogens with one attached hydrogen (secondary N) is 1. The number of likely N-dealkylation sites (tertiary alicyclic amines) is 1. The average Bonchev–Trinajstić information content (AvgIpc) is 3.29. The van der Waals surface area contributed by atoms with Crippen LogP contribution in [0.15, 0.2) is 47.8 Å². The predicted molar refractivity (Wildman–Crippen MR) is 108 cm³/mol. The zero-order valence-corrected chi connectivity index (χ0v) is 16.5. The smallest absolute Gasteiger partial charge is 0.268 e. The highest BCUT2D eigenvalue weighted by Crippen LogP contribution is 2.25. The highest BCUT2D eigenvalue weighted by Gasteiger charge is 2.29. The van der Waals surface area contributed by atoms with Gasteiger partial charge in [-0.25, -0.2) is 9.97 Å². The molecule has 3 aromatic rings. The fourth-order valence-corrected chi connectivity index (χ4v) is 3.77. The van der Waals surface area contributed by atoms with E-state index >= 15 is 0 Å². The molecule has 8 heteroatoms. The molecule has 1 amide bonds. The second-order valence-electron chi connectivity index (χ2n) is 7.17. The van der Waals surface area contributed by atoms with Gasteiger partial charge < -0.3 is 14.6 Å². The van der Waals surface area contributed by atoms with Gasteiger partial charge in [0.15, 0.2) is 0 Å². The van der Waals surface area contributed by atoms with E-state index in [1.54, 1.807) is 54.8 Å². The molecular formula is C21H23N5O3. The van der Waals surface area contributed by atoms with Crippen LogP contribution in [-0.2, 0) is 0 Å². The molecule has 0 radical (unpaired) electrons. The van der Waals surface area contributed by atoms with E-state index in [-0.39, 0.29) is 22.9 Å². The first-order chi connectivity index (χ1) is 14.1. The predicted octanol–water partition coefficient (Wildman–Crippen LogP) is 2.29. The van der Waals surface area contributed by atoms with Crippen molar-refractivity contribution >= 4 is 5.91 Å². The molecule has 0 aromatic carbocycles. The van der Waals surface area contributed by atoms with Crippen LogP contribution in [0.2, 0.25) is 0 Å². The first-order valence-electron chi connectivity index (χ1n) is 9.59. The Bertz CT molecular complexity index is 1060. The fourth-order valence-electron chi connectivity index (χ4n) is 3.77. The highest BCUT2D eigenvalue weighted by molar-refractivity contribution is 5.95. The minimum Gasteiger partial charge on any atom is -0.481 e. The van der Waals surface area contributed by atoms with Crippen molar-refractivity contribution in [1.82, 2.24) is 24.4 Å². The summed E-state index contributed by atoms with van der Waals surface area (Å²) in [6, 6.07) is 5.21. The molecule has 3 aromatic heterocycles. The van der Waals surface area contributed by atoms with Crippen molar-refractivity contribution in [3.63, 3.8) is 0 Å². The van der Waals surface area contributed by atoms with Crippen LogP contribution >= 0.6 is 0 Å². The molecule has 4 rings (SSSR count).